The van der Waals surface area contributed by atoms with Gasteiger partial charge >= 0.3 is 12.1 Å². The molecule has 0 fully saturated rings. The van der Waals surface area contributed by atoms with Crippen LogP contribution >= 0.6 is 0 Å². The molecule has 4 amide bonds. The lowest BCUT2D eigenvalue weighted by Gasteiger charge is -2.14. The van der Waals surface area contributed by atoms with Gasteiger partial charge in [0.05, 0.1) is 7.05 Å². The Kier molecular flexibility index (Phi) is 5.15. The molecule has 0 aromatic carbocycles. The monoisotopic (exact) mass is 202 g/mol. The molecule has 0 radical (unpaired) electrons. The van der Waals surface area contributed by atoms with Gasteiger partial charge in [-0.3, -0.25) is 0 Å². The molecule has 0 aromatic rings. The van der Waals surface area contributed by atoms with Crippen molar-refractivity contribution in [2.24, 2.45) is 0 Å². The molecule has 0 rings (SSSR count). The molecule has 0 saturated heterocycles. The fraction of sp³-hybridized carbons (Fsp3) is 0.778. The molecule has 0 aliphatic carbocycles. The molecule has 3 N–H and O–H groups in total. The first-order chi connectivity index (χ1) is 6.34. The topological polar surface area (TPSA) is 62.6 Å². The second-order valence-corrected chi connectivity index (χ2v) is 3.88. The van der Waals surface area contributed by atoms with E-state index in [9.17, 15) is 9.59 Å². The maximum absolute atomic E-state index is 11.4. The number of nitrogens with one attached hydrogen (secondary N) is 3. The zero-order valence-corrected chi connectivity index (χ0v) is 9.47. The second-order valence-electron chi connectivity index (χ2n) is 3.88. The Hall–Kier alpha value is -1.10. The van der Waals surface area contributed by atoms with E-state index in [-0.39, 0.29) is 29.0 Å². The van der Waals surface area contributed by atoms with Crippen molar-refractivity contribution in [3.8, 4) is 0 Å². The van der Waals surface area contributed by atoms with E-state index in [1.54, 1.807) is 0 Å². The first-order valence-electron chi connectivity index (χ1n) is 4.79. The quantitative estimate of drug-likeness (QED) is 0.577. The van der Waals surface area contributed by atoms with E-state index < -0.39 is 0 Å². The van der Waals surface area contributed by atoms with Crippen LogP contribution in [0, 0.1) is 0 Å². The molecular weight excluding hydrogens is 182 g/mol. The van der Waals surface area contributed by atoms with E-state index in [2.05, 4.69) is 10.6 Å². The van der Waals surface area contributed by atoms with Gasteiger partial charge in [0.2, 0.25) is 0 Å². The molecule has 0 spiro atoms. The molecule has 0 heterocycles. The molecule has 0 aliphatic heterocycles. The van der Waals surface area contributed by atoms with Crippen molar-refractivity contribution in [1.82, 2.24) is 10.6 Å². The highest BCUT2D eigenvalue weighted by Crippen LogP contribution is 1.75. The Balaban J connectivity index is 4.11. The van der Waals surface area contributed by atoms with Crippen LogP contribution in [0.5, 0.6) is 0 Å². The minimum Gasteiger partial charge on any atom is -0.303 e. The normalized spacial score (nSPS) is 10.9. The van der Waals surface area contributed by atoms with Crippen molar-refractivity contribution in [1.29, 1.82) is 0 Å². The summed E-state index contributed by atoms with van der Waals surface area (Å²) in [5, 5.41) is 5.32. The number of carbonyl (C=O) groups excluding carboxylic acids is 2. The first-order valence-corrected chi connectivity index (χ1v) is 4.79. The van der Waals surface area contributed by atoms with Gasteiger partial charge in [-0.25, -0.2) is 9.59 Å². The van der Waals surface area contributed by atoms with Crippen molar-refractivity contribution in [2.45, 2.75) is 39.8 Å². The predicted octanol–water partition coefficient (Wildman–Crippen LogP) is -0.263. The highest BCUT2D eigenvalue weighted by molar-refractivity contribution is 5.78. The summed E-state index contributed by atoms with van der Waals surface area (Å²) >= 11 is 0. The van der Waals surface area contributed by atoms with Crippen molar-refractivity contribution in [2.75, 3.05) is 7.05 Å². The molecule has 0 unspecified atom stereocenters. The summed E-state index contributed by atoms with van der Waals surface area (Å²) in [6, 6.07) is -0.523. The van der Waals surface area contributed by atoms with Gasteiger partial charge in [0.1, 0.15) is 0 Å². The Morgan fingerprint density at radius 2 is 1.21 bits per heavy atom. The predicted molar refractivity (Wildman–Crippen MR) is 54.2 cm³/mol. The maximum atomic E-state index is 11.4. The number of amides is 4. The summed E-state index contributed by atoms with van der Waals surface area (Å²) in [6.07, 6.45) is 0. The van der Waals surface area contributed by atoms with Crippen molar-refractivity contribution in [3.05, 3.63) is 0 Å². The summed E-state index contributed by atoms with van der Waals surface area (Å²) in [5.74, 6) is 0. The van der Waals surface area contributed by atoms with E-state index in [0.717, 1.165) is 0 Å². The third-order valence-electron chi connectivity index (χ3n) is 1.52. The summed E-state index contributed by atoms with van der Waals surface area (Å²) < 4.78 is 0. The Bertz CT molecular complexity index is 192. The van der Waals surface area contributed by atoms with Gasteiger partial charge in [0, 0.05) is 12.1 Å². The smallest absolute Gasteiger partial charge is 0.303 e. The van der Waals surface area contributed by atoms with Crippen molar-refractivity contribution >= 4 is 12.1 Å². The van der Waals surface area contributed by atoms with Crippen LogP contribution in [0.2, 0.25) is 0 Å². The number of hydrogen-bond acceptors (Lipinski definition) is 2. The fourth-order valence-electron chi connectivity index (χ4n) is 0.844. The van der Waals surface area contributed by atoms with E-state index in [1.807, 2.05) is 27.7 Å². The number of rotatable bonds is 2. The van der Waals surface area contributed by atoms with Gasteiger partial charge in [-0.05, 0) is 27.7 Å². The zero-order chi connectivity index (χ0) is 11.3. The molecule has 14 heavy (non-hydrogen) atoms. The van der Waals surface area contributed by atoms with Crippen molar-refractivity contribution < 1.29 is 14.5 Å². The van der Waals surface area contributed by atoms with Crippen LogP contribution in [-0.4, -0.2) is 31.2 Å². The molecular formula is C9H20N3O2+. The largest absolute Gasteiger partial charge is 0.423 e. The van der Waals surface area contributed by atoms with Crippen LogP contribution in [0.1, 0.15) is 27.7 Å². The molecule has 0 aromatic heterocycles. The lowest BCUT2D eigenvalue weighted by Crippen LogP contribution is -3.17. The Morgan fingerprint density at radius 1 is 0.929 bits per heavy atom. The molecule has 5 heteroatoms. The van der Waals surface area contributed by atoms with Crippen LogP contribution in [-0.2, 0) is 0 Å². The molecule has 5 nitrogen and oxygen atoms in total. The van der Waals surface area contributed by atoms with Gasteiger partial charge in [0.25, 0.3) is 0 Å². The van der Waals surface area contributed by atoms with E-state index >= 15 is 0 Å². The molecule has 0 saturated carbocycles. The van der Waals surface area contributed by atoms with Crippen LogP contribution in [0.15, 0.2) is 0 Å². The highest BCUT2D eigenvalue weighted by Gasteiger charge is 2.23. The summed E-state index contributed by atoms with van der Waals surface area (Å²) in [6.45, 7) is 7.41. The van der Waals surface area contributed by atoms with E-state index in [0.29, 0.717) is 0 Å². The van der Waals surface area contributed by atoms with Crippen LogP contribution in [0.3, 0.4) is 0 Å². The van der Waals surface area contributed by atoms with E-state index in [4.69, 9.17) is 0 Å². The van der Waals surface area contributed by atoms with Gasteiger partial charge in [-0.1, -0.05) is 0 Å². The first kappa shape index (κ1) is 12.9. The summed E-state index contributed by atoms with van der Waals surface area (Å²) in [4.78, 5) is 22.9. The molecule has 0 atom stereocenters. The zero-order valence-electron chi connectivity index (χ0n) is 9.47. The Labute approximate surface area is 84.8 Å². The molecule has 82 valence electrons. The number of urea groups is 2. The lowest BCUT2D eigenvalue weighted by atomic mass is 10.4. The molecule has 0 aliphatic rings. The second kappa shape index (κ2) is 5.59. The number of quaternary nitrogens is 1. The van der Waals surface area contributed by atoms with Crippen LogP contribution in [0.4, 0.5) is 9.59 Å². The minimum atomic E-state index is -0.307. The third-order valence-corrected chi connectivity index (χ3v) is 1.52. The van der Waals surface area contributed by atoms with Gasteiger partial charge < -0.3 is 10.6 Å². The SMILES string of the molecule is CC(C)NC(=O)[NH+](C)C(=O)NC(C)C. The molecule has 0 bridgehead atoms. The third kappa shape index (κ3) is 4.81. The number of carbonyl (C=O) groups is 2. The summed E-state index contributed by atoms with van der Waals surface area (Å²) in [5.41, 5.74) is 0. The number of imide groups is 1. The average molecular weight is 202 g/mol. The standard InChI is InChI=1S/C9H19N3O2/c1-6(2)10-8(13)12(5)9(14)11-7(3)4/h6-7H,1-5H3,(H,10,13)(H,11,14)/p+1. The van der Waals surface area contributed by atoms with Gasteiger partial charge in [0.15, 0.2) is 0 Å². The van der Waals surface area contributed by atoms with Crippen LogP contribution in [0.25, 0.3) is 0 Å². The number of hydrogen-bond donors (Lipinski definition) is 3. The fourth-order valence-corrected chi connectivity index (χ4v) is 0.844. The summed E-state index contributed by atoms with van der Waals surface area (Å²) in [7, 11) is 1.52. The average Bonchev–Trinajstić information content (AvgIpc) is 2.00. The highest BCUT2D eigenvalue weighted by atomic mass is 16.2. The maximum Gasteiger partial charge on any atom is 0.423 e. The lowest BCUT2D eigenvalue weighted by molar-refractivity contribution is -0.701. The minimum absolute atomic E-state index is 0.0456. The van der Waals surface area contributed by atoms with Crippen LogP contribution < -0.4 is 15.5 Å². The van der Waals surface area contributed by atoms with Gasteiger partial charge in [-0.15, -0.1) is 0 Å². The van der Waals surface area contributed by atoms with E-state index in [1.165, 1.54) is 7.05 Å². The van der Waals surface area contributed by atoms with Gasteiger partial charge in [-0.2, -0.15) is 4.90 Å². The van der Waals surface area contributed by atoms with Crippen molar-refractivity contribution in [3.63, 3.8) is 0 Å². The Morgan fingerprint density at radius 3 is 1.43 bits per heavy atom.